The molecule has 3 rings (SSSR count). The Morgan fingerprint density at radius 1 is 1.26 bits per heavy atom. The molecular weight excluding hydrogens is 455 g/mol. The van der Waals surface area contributed by atoms with Gasteiger partial charge in [0, 0.05) is 45.8 Å². The highest BCUT2D eigenvalue weighted by atomic mass is 127. The van der Waals surface area contributed by atoms with Crippen molar-refractivity contribution < 1.29 is 9.47 Å². The topological polar surface area (TPSA) is 49.3 Å². The van der Waals surface area contributed by atoms with Gasteiger partial charge in [0.25, 0.3) is 0 Å². The molecule has 6 nitrogen and oxygen atoms in total. The fourth-order valence-corrected chi connectivity index (χ4v) is 3.64. The van der Waals surface area contributed by atoms with Gasteiger partial charge in [-0.05, 0) is 31.0 Å². The van der Waals surface area contributed by atoms with E-state index in [0.29, 0.717) is 19.2 Å². The number of aliphatic imine (C=N–C) groups is 1. The normalized spacial score (nSPS) is 19.9. The van der Waals surface area contributed by atoms with Crippen LogP contribution in [-0.2, 0) is 6.54 Å². The van der Waals surface area contributed by atoms with Crippen molar-refractivity contribution in [3.8, 4) is 11.5 Å². The van der Waals surface area contributed by atoms with Crippen LogP contribution < -0.4 is 14.8 Å². The Kier molecular flexibility index (Phi) is 8.69. The zero-order valence-electron chi connectivity index (χ0n) is 16.5. The fraction of sp³-hybridized carbons (Fsp3) is 0.550. The molecule has 1 aromatic carbocycles. The monoisotopic (exact) mass is 486 g/mol. The minimum Gasteiger partial charge on any atom is -0.493 e. The van der Waals surface area contributed by atoms with Crippen LogP contribution in [0.4, 0.5) is 0 Å². The second-order valence-corrected chi connectivity index (χ2v) is 6.63. The SMILES string of the molecule is CCOc1cc(CNC(=NC)N2CCC(N3CC=CC3)C2)ccc1OC.I. The predicted molar refractivity (Wildman–Crippen MR) is 120 cm³/mol. The average Bonchev–Trinajstić information content (AvgIpc) is 3.34. The maximum Gasteiger partial charge on any atom is 0.193 e. The van der Waals surface area contributed by atoms with E-state index in [4.69, 9.17) is 9.47 Å². The largest absolute Gasteiger partial charge is 0.493 e. The van der Waals surface area contributed by atoms with Gasteiger partial charge in [-0.2, -0.15) is 0 Å². The van der Waals surface area contributed by atoms with Crippen LogP contribution in [-0.4, -0.2) is 68.7 Å². The third kappa shape index (κ3) is 5.51. The molecule has 1 atom stereocenters. The summed E-state index contributed by atoms with van der Waals surface area (Å²) in [6.45, 7) is 7.56. The Hall–Kier alpha value is -1.48. The molecule has 2 aliphatic heterocycles. The fourth-order valence-electron chi connectivity index (χ4n) is 3.64. The first kappa shape index (κ1) is 21.8. The summed E-state index contributed by atoms with van der Waals surface area (Å²) in [6.07, 6.45) is 5.71. The van der Waals surface area contributed by atoms with E-state index in [2.05, 4.69) is 38.3 Å². The van der Waals surface area contributed by atoms with Crippen molar-refractivity contribution in [2.24, 2.45) is 4.99 Å². The third-order valence-electron chi connectivity index (χ3n) is 5.02. The number of halogens is 1. The summed E-state index contributed by atoms with van der Waals surface area (Å²) >= 11 is 0. The summed E-state index contributed by atoms with van der Waals surface area (Å²) in [5, 5.41) is 3.49. The number of hydrogen-bond acceptors (Lipinski definition) is 4. The van der Waals surface area contributed by atoms with E-state index in [0.717, 1.165) is 49.2 Å². The van der Waals surface area contributed by atoms with Crippen LogP contribution in [0.1, 0.15) is 18.9 Å². The number of nitrogens with zero attached hydrogens (tertiary/aromatic N) is 3. The molecule has 0 spiro atoms. The number of rotatable bonds is 6. The highest BCUT2D eigenvalue weighted by molar-refractivity contribution is 14.0. The Balaban J connectivity index is 0.00000261. The van der Waals surface area contributed by atoms with Crippen LogP contribution in [0.2, 0.25) is 0 Å². The molecular formula is C20H31IN4O2. The quantitative estimate of drug-likeness (QED) is 0.290. The van der Waals surface area contributed by atoms with Gasteiger partial charge in [-0.1, -0.05) is 18.2 Å². The van der Waals surface area contributed by atoms with Crippen molar-refractivity contribution in [2.45, 2.75) is 25.9 Å². The van der Waals surface area contributed by atoms with Gasteiger partial charge >= 0.3 is 0 Å². The molecule has 0 saturated carbocycles. The molecule has 27 heavy (non-hydrogen) atoms. The van der Waals surface area contributed by atoms with Gasteiger partial charge in [0.2, 0.25) is 0 Å². The first-order valence-electron chi connectivity index (χ1n) is 9.39. The van der Waals surface area contributed by atoms with Crippen LogP contribution in [0.3, 0.4) is 0 Å². The van der Waals surface area contributed by atoms with E-state index in [1.165, 1.54) is 6.42 Å². The summed E-state index contributed by atoms with van der Waals surface area (Å²) < 4.78 is 11.0. The highest BCUT2D eigenvalue weighted by Crippen LogP contribution is 2.28. The zero-order valence-corrected chi connectivity index (χ0v) is 18.8. The molecule has 2 aliphatic rings. The number of guanidine groups is 1. The molecule has 1 N–H and O–H groups in total. The summed E-state index contributed by atoms with van der Waals surface area (Å²) in [4.78, 5) is 9.37. The molecule has 1 aromatic rings. The maximum atomic E-state index is 5.67. The van der Waals surface area contributed by atoms with E-state index >= 15 is 0 Å². The number of methoxy groups -OCH3 is 1. The molecule has 0 amide bonds. The summed E-state index contributed by atoms with van der Waals surface area (Å²) in [5.41, 5.74) is 1.15. The molecule has 1 unspecified atom stereocenters. The Labute approximate surface area is 179 Å². The third-order valence-corrected chi connectivity index (χ3v) is 5.02. The predicted octanol–water partition coefficient (Wildman–Crippen LogP) is 2.73. The van der Waals surface area contributed by atoms with Crippen molar-refractivity contribution >= 4 is 29.9 Å². The first-order valence-corrected chi connectivity index (χ1v) is 9.39. The van der Waals surface area contributed by atoms with Crippen LogP contribution in [0.15, 0.2) is 35.3 Å². The van der Waals surface area contributed by atoms with Gasteiger partial charge in [-0.3, -0.25) is 9.89 Å². The lowest BCUT2D eigenvalue weighted by molar-refractivity contribution is 0.259. The van der Waals surface area contributed by atoms with Crippen molar-refractivity contribution in [2.75, 3.05) is 46.9 Å². The molecule has 2 heterocycles. The molecule has 0 bridgehead atoms. The van der Waals surface area contributed by atoms with Gasteiger partial charge in [0.1, 0.15) is 0 Å². The maximum absolute atomic E-state index is 5.67. The lowest BCUT2D eigenvalue weighted by atomic mass is 10.2. The second-order valence-electron chi connectivity index (χ2n) is 6.63. The smallest absolute Gasteiger partial charge is 0.193 e. The van der Waals surface area contributed by atoms with Gasteiger partial charge in [-0.15, -0.1) is 24.0 Å². The molecule has 0 aromatic heterocycles. The van der Waals surface area contributed by atoms with Crippen molar-refractivity contribution in [3.05, 3.63) is 35.9 Å². The van der Waals surface area contributed by atoms with Crippen molar-refractivity contribution in [1.29, 1.82) is 0 Å². The van der Waals surface area contributed by atoms with Crippen molar-refractivity contribution in [3.63, 3.8) is 0 Å². The second kappa shape index (κ2) is 10.8. The summed E-state index contributed by atoms with van der Waals surface area (Å²) in [7, 11) is 3.52. The van der Waals surface area contributed by atoms with Crippen LogP contribution in [0, 0.1) is 0 Å². The lowest BCUT2D eigenvalue weighted by Crippen LogP contribution is -2.42. The van der Waals surface area contributed by atoms with Crippen LogP contribution in [0.25, 0.3) is 0 Å². The summed E-state index contributed by atoms with van der Waals surface area (Å²) in [5.74, 6) is 2.52. The molecule has 0 aliphatic carbocycles. The minimum absolute atomic E-state index is 0. The van der Waals surface area contributed by atoms with Gasteiger partial charge < -0.3 is 19.7 Å². The van der Waals surface area contributed by atoms with E-state index < -0.39 is 0 Å². The number of ether oxygens (including phenoxy) is 2. The average molecular weight is 486 g/mol. The number of benzene rings is 1. The first-order chi connectivity index (χ1) is 12.7. The van der Waals surface area contributed by atoms with Gasteiger partial charge in [0.05, 0.1) is 13.7 Å². The number of hydrogen-bond donors (Lipinski definition) is 1. The summed E-state index contributed by atoms with van der Waals surface area (Å²) in [6, 6.07) is 6.67. The highest BCUT2D eigenvalue weighted by Gasteiger charge is 2.29. The standard InChI is InChI=1S/C20H30N4O2.HI/c1-4-26-19-13-16(7-8-18(19)25-3)14-22-20(21-2)24-12-9-17(15-24)23-10-5-6-11-23;/h5-8,13,17H,4,9-12,14-15H2,1-3H3,(H,21,22);1H. The Morgan fingerprint density at radius 2 is 2.04 bits per heavy atom. The lowest BCUT2D eigenvalue weighted by Gasteiger charge is -2.25. The van der Waals surface area contributed by atoms with Crippen LogP contribution in [0.5, 0.6) is 11.5 Å². The van der Waals surface area contributed by atoms with Crippen LogP contribution >= 0.6 is 24.0 Å². The molecule has 0 radical (unpaired) electrons. The Bertz CT molecular complexity index is 657. The van der Waals surface area contributed by atoms with Gasteiger partial charge in [0.15, 0.2) is 17.5 Å². The molecule has 1 fully saturated rings. The van der Waals surface area contributed by atoms with E-state index in [-0.39, 0.29) is 24.0 Å². The van der Waals surface area contributed by atoms with E-state index in [1.807, 2.05) is 26.1 Å². The van der Waals surface area contributed by atoms with Crippen molar-refractivity contribution in [1.82, 2.24) is 15.1 Å². The molecule has 7 heteroatoms. The number of likely N-dealkylation sites (tertiary alicyclic amines) is 1. The Morgan fingerprint density at radius 3 is 2.70 bits per heavy atom. The van der Waals surface area contributed by atoms with E-state index in [9.17, 15) is 0 Å². The molecule has 150 valence electrons. The minimum atomic E-state index is 0. The number of nitrogens with one attached hydrogen (secondary N) is 1. The zero-order chi connectivity index (χ0) is 18.4. The van der Waals surface area contributed by atoms with Gasteiger partial charge in [-0.25, -0.2) is 0 Å². The van der Waals surface area contributed by atoms with E-state index in [1.54, 1.807) is 7.11 Å². The molecule has 1 saturated heterocycles.